The van der Waals surface area contributed by atoms with E-state index >= 15 is 0 Å². The van der Waals surface area contributed by atoms with Crippen molar-refractivity contribution >= 4 is 43.6 Å². The number of alkyl halides is 2. The second kappa shape index (κ2) is 7.35. The van der Waals surface area contributed by atoms with E-state index in [0.717, 1.165) is 15.1 Å². The number of likely N-dealkylation sites (tertiary alicyclic amines) is 1. The summed E-state index contributed by atoms with van der Waals surface area (Å²) in [6.45, 7) is 2.04. The Kier molecular flexibility index (Phi) is 4.82. The molecule has 3 heterocycles. The van der Waals surface area contributed by atoms with Gasteiger partial charge in [-0.2, -0.15) is 0 Å². The smallest absolute Gasteiger partial charge is 0.282 e. The zero-order valence-corrected chi connectivity index (χ0v) is 19.7. The van der Waals surface area contributed by atoms with Crippen molar-refractivity contribution in [2.24, 2.45) is 5.73 Å². The first-order valence-electron chi connectivity index (χ1n) is 10.5. The number of rotatable bonds is 4. The molecule has 0 spiro atoms. The van der Waals surface area contributed by atoms with Crippen LogP contribution < -0.4 is 5.73 Å². The van der Waals surface area contributed by atoms with Gasteiger partial charge in [0, 0.05) is 21.9 Å². The van der Waals surface area contributed by atoms with E-state index in [1.54, 1.807) is 19.9 Å². The molecule has 9 nitrogen and oxygen atoms in total. The summed E-state index contributed by atoms with van der Waals surface area (Å²) in [5, 5.41) is 4.78. The summed E-state index contributed by atoms with van der Waals surface area (Å²) in [6, 6.07) is 7.49. The van der Waals surface area contributed by atoms with Crippen LogP contribution in [0.4, 0.5) is 8.78 Å². The van der Waals surface area contributed by atoms with Gasteiger partial charge < -0.3 is 15.2 Å². The first-order valence-corrected chi connectivity index (χ1v) is 12.4. The van der Waals surface area contributed by atoms with Crippen LogP contribution >= 0.6 is 0 Å². The summed E-state index contributed by atoms with van der Waals surface area (Å²) < 4.78 is 58.5. The van der Waals surface area contributed by atoms with Crippen molar-refractivity contribution in [3.05, 3.63) is 52.9 Å². The van der Waals surface area contributed by atoms with Crippen molar-refractivity contribution in [1.82, 2.24) is 14.0 Å². The predicted molar refractivity (Wildman–Crippen MR) is 124 cm³/mol. The monoisotopic (exact) mass is 502 g/mol. The highest BCUT2D eigenvalue weighted by molar-refractivity contribution is 7.89. The molecule has 182 valence electrons. The largest absolute Gasteiger partial charge is 0.366 e. The standard InChI is InChI=1S/C23H20F2N4O5S/c1-11-19(12(2)34-27-11)14-6-16-15-5-4-13(22(31)28-9-23(24,25)10-28)8-18(15)29(35(3,32)33)20(16)17(7-14)21(26)30/h4-8H,9-10H2,1-3H3,(H2,26,30). The van der Waals surface area contributed by atoms with Crippen molar-refractivity contribution < 1.29 is 31.3 Å². The van der Waals surface area contributed by atoms with Gasteiger partial charge in [-0.05, 0) is 43.7 Å². The van der Waals surface area contributed by atoms with Crippen LogP contribution in [-0.2, 0) is 10.0 Å². The summed E-state index contributed by atoms with van der Waals surface area (Å²) >= 11 is 0. The molecule has 1 saturated heterocycles. The summed E-state index contributed by atoms with van der Waals surface area (Å²) in [5.74, 6) is -3.93. The van der Waals surface area contributed by atoms with E-state index in [1.165, 1.54) is 24.3 Å². The highest BCUT2D eigenvalue weighted by Gasteiger charge is 2.46. The molecular weight excluding hydrogens is 482 g/mol. The lowest BCUT2D eigenvalue weighted by molar-refractivity contribution is -0.113. The van der Waals surface area contributed by atoms with Gasteiger partial charge in [-0.15, -0.1) is 0 Å². The maximum absolute atomic E-state index is 13.3. The van der Waals surface area contributed by atoms with Crippen LogP contribution in [0.2, 0.25) is 0 Å². The molecule has 0 radical (unpaired) electrons. The lowest BCUT2D eigenvalue weighted by Gasteiger charge is -2.38. The van der Waals surface area contributed by atoms with Crippen molar-refractivity contribution in [3.8, 4) is 11.1 Å². The Balaban J connectivity index is 1.83. The molecule has 1 aliphatic heterocycles. The van der Waals surface area contributed by atoms with E-state index in [0.29, 0.717) is 33.4 Å². The number of primary amides is 1. The van der Waals surface area contributed by atoms with Crippen LogP contribution in [0.1, 0.15) is 32.2 Å². The summed E-state index contributed by atoms with van der Waals surface area (Å²) in [4.78, 5) is 26.2. The van der Waals surface area contributed by atoms with E-state index in [2.05, 4.69) is 5.16 Å². The maximum atomic E-state index is 13.3. The van der Waals surface area contributed by atoms with Gasteiger partial charge in [-0.1, -0.05) is 11.2 Å². The van der Waals surface area contributed by atoms with Crippen LogP contribution in [0.5, 0.6) is 0 Å². The number of hydrogen-bond donors (Lipinski definition) is 1. The van der Waals surface area contributed by atoms with Gasteiger partial charge in [-0.25, -0.2) is 21.2 Å². The van der Waals surface area contributed by atoms with E-state index in [4.69, 9.17) is 10.3 Å². The second-order valence-electron chi connectivity index (χ2n) is 8.76. The quantitative estimate of drug-likeness (QED) is 0.457. The number of halogens is 2. The number of benzene rings is 2. The van der Waals surface area contributed by atoms with Crippen LogP contribution in [0.15, 0.2) is 34.9 Å². The van der Waals surface area contributed by atoms with Crippen LogP contribution in [-0.4, -0.2) is 59.5 Å². The molecule has 2 aromatic carbocycles. The minimum atomic E-state index is -3.99. The SMILES string of the molecule is Cc1noc(C)c1-c1cc(C(N)=O)c2c(c1)c1ccc(C(=O)N3CC(F)(F)C3)cc1n2S(C)(=O)=O. The van der Waals surface area contributed by atoms with Crippen molar-refractivity contribution in [2.75, 3.05) is 19.3 Å². The first-order chi connectivity index (χ1) is 16.3. The fraction of sp³-hybridized carbons (Fsp3) is 0.261. The summed E-state index contributed by atoms with van der Waals surface area (Å²) in [5.41, 5.74) is 7.61. The first kappa shape index (κ1) is 23.0. The number of carbonyl (C=O) groups is 2. The van der Waals surface area contributed by atoms with Gasteiger partial charge in [-0.3, -0.25) is 9.59 Å². The summed E-state index contributed by atoms with van der Waals surface area (Å²) in [7, 11) is -3.99. The van der Waals surface area contributed by atoms with Gasteiger partial charge in [0.15, 0.2) is 0 Å². The number of nitrogens with zero attached hydrogens (tertiary/aromatic N) is 3. The van der Waals surface area contributed by atoms with E-state index in [1.807, 2.05) is 0 Å². The van der Waals surface area contributed by atoms with Gasteiger partial charge in [0.2, 0.25) is 10.0 Å². The van der Waals surface area contributed by atoms with Crippen molar-refractivity contribution in [3.63, 3.8) is 0 Å². The number of amides is 2. The average molecular weight is 502 g/mol. The Labute approximate surface area is 198 Å². The van der Waals surface area contributed by atoms with Gasteiger partial charge >= 0.3 is 0 Å². The molecule has 4 aromatic rings. The van der Waals surface area contributed by atoms with Crippen molar-refractivity contribution in [1.29, 1.82) is 0 Å². The van der Waals surface area contributed by atoms with Crippen LogP contribution in [0.25, 0.3) is 32.9 Å². The Morgan fingerprint density at radius 1 is 1.11 bits per heavy atom. The fourth-order valence-electron chi connectivity index (χ4n) is 4.65. The van der Waals surface area contributed by atoms with Gasteiger partial charge in [0.05, 0.1) is 41.6 Å². The Bertz CT molecular complexity index is 1660. The van der Waals surface area contributed by atoms with Crippen LogP contribution in [0, 0.1) is 13.8 Å². The average Bonchev–Trinajstić information content (AvgIpc) is 3.26. The molecule has 2 N–H and O–H groups in total. The number of hydrogen-bond acceptors (Lipinski definition) is 6. The maximum Gasteiger partial charge on any atom is 0.282 e. The molecule has 12 heteroatoms. The fourth-order valence-corrected chi connectivity index (χ4v) is 5.69. The third kappa shape index (κ3) is 3.55. The molecule has 0 atom stereocenters. The molecule has 35 heavy (non-hydrogen) atoms. The number of fused-ring (bicyclic) bond motifs is 3. The molecule has 2 aromatic heterocycles. The molecule has 2 amide bonds. The number of carbonyl (C=O) groups excluding carboxylic acids is 2. The van der Waals surface area contributed by atoms with E-state index in [-0.39, 0.29) is 22.2 Å². The third-order valence-electron chi connectivity index (χ3n) is 6.12. The topological polar surface area (TPSA) is 128 Å². The molecule has 0 aliphatic carbocycles. The molecule has 5 rings (SSSR count). The predicted octanol–water partition coefficient (Wildman–Crippen LogP) is 3.06. The Morgan fingerprint density at radius 3 is 2.34 bits per heavy atom. The Hall–Kier alpha value is -3.80. The van der Waals surface area contributed by atoms with E-state index in [9.17, 15) is 26.8 Å². The lowest BCUT2D eigenvalue weighted by atomic mass is 9.97. The third-order valence-corrected chi connectivity index (χ3v) is 7.16. The van der Waals surface area contributed by atoms with E-state index < -0.39 is 40.8 Å². The zero-order valence-electron chi connectivity index (χ0n) is 18.9. The Morgan fingerprint density at radius 2 is 1.80 bits per heavy atom. The molecule has 0 saturated carbocycles. The lowest BCUT2D eigenvalue weighted by Crippen LogP contribution is -2.58. The highest BCUT2D eigenvalue weighted by atomic mass is 32.2. The number of aromatic nitrogens is 2. The van der Waals surface area contributed by atoms with Crippen molar-refractivity contribution in [2.45, 2.75) is 19.8 Å². The highest BCUT2D eigenvalue weighted by Crippen LogP contribution is 2.38. The number of aryl methyl sites for hydroxylation is 2. The molecular formula is C23H20F2N4O5S. The minimum Gasteiger partial charge on any atom is -0.366 e. The molecule has 0 unspecified atom stereocenters. The van der Waals surface area contributed by atoms with Gasteiger partial charge in [0.1, 0.15) is 5.76 Å². The molecule has 1 fully saturated rings. The molecule has 1 aliphatic rings. The number of nitrogens with two attached hydrogens (primary N) is 1. The second-order valence-corrected chi connectivity index (χ2v) is 10.6. The zero-order chi connectivity index (χ0) is 25.4. The normalized spacial score (nSPS) is 15.5. The van der Waals surface area contributed by atoms with Crippen LogP contribution in [0.3, 0.4) is 0 Å². The minimum absolute atomic E-state index is 0.0469. The van der Waals surface area contributed by atoms with Gasteiger partial charge in [0.25, 0.3) is 17.7 Å². The molecule has 0 bridgehead atoms. The summed E-state index contributed by atoms with van der Waals surface area (Å²) in [6.07, 6.45) is 0.962.